The van der Waals surface area contributed by atoms with Gasteiger partial charge in [0.05, 0.1) is 19.8 Å². The summed E-state index contributed by atoms with van der Waals surface area (Å²) >= 11 is 0. The van der Waals surface area contributed by atoms with Crippen LogP contribution in [0.15, 0.2) is 18.2 Å². The van der Waals surface area contributed by atoms with Crippen molar-refractivity contribution in [3.05, 3.63) is 18.2 Å². The summed E-state index contributed by atoms with van der Waals surface area (Å²) in [6.45, 7) is 3.20. The molecule has 1 aliphatic rings. The van der Waals surface area contributed by atoms with Gasteiger partial charge in [0, 0.05) is 24.4 Å². The molecule has 5 nitrogen and oxygen atoms in total. The third kappa shape index (κ3) is 4.51. The molecule has 2 rings (SSSR count). The van der Waals surface area contributed by atoms with Crippen LogP contribution in [0.2, 0.25) is 0 Å². The van der Waals surface area contributed by atoms with Gasteiger partial charge in [0.1, 0.15) is 6.61 Å². The minimum Gasteiger partial charge on any atom is -0.493 e. The van der Waals surface area contributed by atoms with Crippen molar-refractivity contribution in [3.8, 4) is 11.5 Å². The first-order valence-electron chi connectivity index (χ1n) is 7.56. The lowest BCUT2D eigenvalue weighted by atomic mass is 10.0. The van der Waals surface area contributed by atoms with Crippen LogP contribution >= 0.6 is 0 Å². The Hall–Kier alpha value is -1.46. The zero-order valence-electron chi connectivity index (χ0n) is 12.8. The first-order chi connectivity index (χ1) is 10.3. The molecule has 0 amide bonds. The van der Waals surface area contributed by atoms with Crippen LogP contribution in [0.4, 0.5) is 5.69 Å². The third-order valence-corrected chi connectivity index (χ3v) is 3.71. The Morgan fingerprint density at radius 3 is 2.95 bits per heavy atom. The fraction of sp³-hybridized carbons (Fsp3) is 0.625. The second kappa shape index (κ2) is 8.10. The van der Waals surface area contributed by atoms with Crippen molar-refractivity contribution in [2.45, 2.75) is 38.3 Å². The molecule has 1 aromatic carbocycles. The van der Waals surface area contributed by atoms with Crippen LogP contribution in [0, 0.1) is 0 Å². The predicted octanol–water partition coefficient (Wildman–Crippen LogP) is 2.44. The van der Waals surface area contributed by atoms with Crippen molar-refractivity contribution in [1.82, 2.24) is 0 Å². The van der Waals surface area contributed by atoms with Gasteiger partial charge in [-0.05, 0) is 31.4 Å². The molecule has 0 radical (unpaired) electrons. The summed E-state index contributed by atoms with van der Waals surface area (Å²) in [6, 6.07) is 6.21. The van der Waals surface area contributed by atoms with Gasteiger partial charge >= 0.3 is 0 Å². The molecule has 0 spiro atoms. The lowest BCUT2D eigenvalue weighted by Crippen LogP contribution is -2.33. The van der Waals surface area contributed by atoms with E-state index in [1.807, 2.05) is 18.2 Å². The zero-order valence-corrected chi connectivity index (χ0v) is 12.8. The van der Waals surface area contributed by atoms with Gasteiger partial charge in [-0.25, -0.2) is 0 Å². The third-order valence-electron chi connectivity index (χ3n) is 3.71. The highest BCUT2D eigenvalue weighted by molar-refractivity contribution is 5.55. The predicted molar refractivity (Wildman–Crippen MR) is 82.3 cm³/mol. The summed E-state index contributed by atoms with van der Waals surface area (Å²) in [7, 11) is 1.61. The normalized spacial score (nSPS) is 21.9. The molecule has 2 N–H and O–H groups in total. The highest BCUT2D eigenvalue weighted by Crippen LogP contribution is 2.31. The fourth-order valence-corrected chi connectivity index (χ4v) is 2.57. The van der Waals surface area contributed by atoms with E-state index in [-0.39, 0.29) is 13.2 Å². The van der Waals surface area contributed by atoms with Gasteiger partial charge in [-0.3, -0.25) is 0 Å². The maximum atomic E-state index is 8.88. The number of rotatable bonds is 7. The maximum absolute atomic E-state index is 8.88. The molecule has 2 unspecified atom stereocenters. The van der Waals surface area contributed by atoms with Crippen molar-refractivity contribution in [1.29, 1.82) is 0 Å². The minimum atomic E-state index is -0.0149. The van der Waals surface area contributed by atoms with E-state index in [1.54, 1.807) is 7.11 Å². The quantitative estimate of drug-likeness (QED) is 0.809. The average molecular weight is 295 g/mol. The van der Waals surface area contributed by atoms with Crippen LogP contribution in [-0.4, -0.2) is 44.2 Å². The number of benzene rings is 1. The van der Waals surface area contributed by atoms with Gasteiger partial charge in [0.2, 0.25) is 0 Å². The van der Waals surface area contributed by atoms with E-state index in [0.717, 1.165) is 31.6 Å². The van der Waals surface area contributed by atoms with E-state index in [2.05, 4.69) is 12.2 Å². The molecule has 1 aromatic rings. The Balaban J connectivity index is 2.02. The summed E-state index contributed by atoms with van der Waals surface area (Å²) in [5.74, 6) is 1.32. The zero-order chi connectivity index (χ0) is 15.1. The Labute approximate surface area is 126 Å². The lowest BCUT2D eigenvalue weighted by molar-refractivity contribution is 0.00925. The van der Waals surface area contributed by atoms with Crippen LogP contribution in [0.5, 0.6) is 11.5 Å². The Bertz CT molecular complexity index is 438. The highest BCUT2D eigenvalue weighted by atomic mass is 16.5. The topological polar surface area (TPSA) is 60.0 Å². The first-order valence-corrected chi connectivity index (χ1v) is 7.56. The summed E-state index contributed by atoms with van der Waals surface area (Å²) in [5.41, 5.74) is 1.01. The Morgan fingerprint density at radius 1 is 1.38 bits per heavy atom. The van der Waals surface area contributed by atoms with Crippen molar-refractivity contribution in [3.63, 3.8) is 0 Å². The van der Waals surface area contributed by atoms with Gasteiger partial charge in [0.25, 0.3) is 0 Å². The Morgan fingerprint density at radius 2 is 2.24 bits per heavy atom. The largest absolute Gasteiger partial charge is 0.493 e. The van der Waals surface area contributed by atoms with Crippen molar-refractivity contribution in [2.24, 2.45) is 0 Å². The summed E-state index contributed by atoms with van der Waals surface area (Å²) in [6.07, 6.45) is 3.43. The molecule has 0 aliphatic carbocycles. The van der Waals surface area contributed by atoms with E-state index in [9.17, 15) is 0 Å². The molecule has 5 heteroatoms. The van der Waals surface area contributed by atoms with E-state index < -0.39 is 0 Å². The van der Waals surface area contributed by atoms with Crippen LogP contribution in [0.1, 0.15) is 26.2 Å². The van der Waals surface area contributed by atoms with Crippen molar-refractivity contribution >= 4 is 5.69 Å². The second-order valence-electron chi connectivity index (χ2n) is 5.20. The molecule has 118 valence electrons. The van der Waals surface area contributed by atoms with Gasteiger partial charge in [0.15, 0.2) is 11.5 Å². The number of anilines is 1. The standard InChI is InChI=1S/C16H25NO4/c1-3-14-10-13(6-8-20-14)17-12-4-5-15(19-2)16(11-12)21-9-7-18/h4-5,11,13-14,17-18H,3,6-10H2,1-2H3. The molecular formula is C16H25NO4. The average Bonchev–Trinajstić information content (AvgIpc) is 2.53. The van der Waals surface area contributed by atoms with Gasteiger partial charge in [-0.15, -0.1) is 0 Å². The van der Waals surface area contributed by atoms with Crippen molar-refractivity contribution < 1.29 is 19.3 Å². The highest BCUT2D eigenvalue weighted by Gasteiger charge is 2.21. The molecule has 2 atom stereocenters. The molecule has 1 fully saturated rings. The second-order valence-corrected chi connectivity index (χ2v) is 5.20. The number of hydrogen-bond donors (Lipinski definition) is 2. The number of aliphatic hydroxyl groups excluding tert-OH is 1. The molecule has 1 saturated heterocycles. The van der Waals surface area contributed by atoms with Crippen LogP contribution in [-0.2, 0) is 4.74 Å². The summed E-state index contributed by atoms with van der Waals surface area (Å²) < 4.78 is 16.5. The number of aliphatic hydroxyl groups is 1. The van der Waals surface area contributed by atoms with Crippen LogP contribution in [0.3, 0.4) is 0 Å². The van der Waals surface area contributed by atoms with Crippen LogP contribution in [0.25, 0.3) is 0 Å². The van der Waals surface area contributed by atoms with E-state index in [4.69, 9.17) is 19.3 Å². The molecule has 21 heavy (non-hydrogen) atoms. The smallest absolute Gasteiger partial charge is 0.163 e. The van der Waals surface area contributed by atoms with Gasteiger partial charge in [-0.1, -0.05) is 6.92 Å². The summed E-state index contributed by atoms with van der Waals surface area (Å²) in [5, 5.41) is 12.4. The Kier molecular flexibility index (Phi) is 6.14. The monoisotopic (exact) mass is 295 g/mol. The molecule has 0 aromatic heterocycles. The molecule has 1 heterocycles. The van der Waals surface area contributed by atoms with Crippen molar-refractivity contribution in [2.75, 3.05) is 32.2 Å². The van der Waals surface area contributed by atoms with Gasteiger partial charge in [-0.2, -0.15) is 0 Å². The molecule has 1 aliphatic heterocycles. The maximum Gasteiger partial charge on any atom is 0.163 e. The SMILES string of the molecule is CCC1CC(Nc2ccc(OC)c(OCCO)c2)CCO1. The summed E-state index contributed by atoms with van der Waals surface area (Å²) in [4.78, 5) is 0. The van der Waals surface area contributed by atoms with Gasteiger partial charge < -0.3 is 24.6 Å². The number of ether oxygens (including phenoxy) is 3. The van der Waals surface area contributed by atoms with Crippen LogP contribution < -0.4 is 14.8 Å². The molecule has 0 bridgehead atoms. The number of nitrogens with one attached hydrogen (secondary N) is 1. The van der Waals surface area contributed by atoms with E-state index >= 15 is 0 Å². The molecule has 0 saturated carbocycles. The first kappa shape index (κ1) is 15.9. The number of methoxy groups -OCH3 is 1. The van der Waals surface area contributed by atoms with E-state index in [0.29, 0.717) is 23.6 Å². The lowest BCUT2D eigenvalue weighted by Gasteiger charge is -2.30. The fourth-order valence-electron chi connectivity index (χ4n) is 2.57. The number of hydrogen-bond acceptors (Lipinski definition) is 5. The molecular weight excluding hydrogens is 270 g/mol. The minimum absolute atomic E-state index is 0.0149. The van der Waals surface area contributed by atoms with E-state index in [1.165, 1.54) is 0 Å².